The highest BCUT2D eigenvalue weighted by atomic mass is 35.5. The van der Waals surface area contributed by atoms with Gasteiger partial charge in [-0.15, -0.1) is 0 Å². The van der Waals surface area contributed by atoms with E-state index in [1.807, 2.05) is 13.8 Å². The highest BCUT2D eigenvalue weighted by Gasteiger charge is 2.49. The van der Waals surface area contributed by atoms with Crippen molar-refractivity contribution < 1.29 is 23.5 Å². The SMILES string of the molecule is CC.CC[C@]1(C(N)=O)CN(c2nc(C)c(C)c3c(F)c(Cl)nc(OC)c23)CCN1C(=O)OC(C)(C)C. The minimum Gasteiger partial charge on any atom is -0.480 e. The van der Waals surface area contributed by atoms with E-state index in [4.69, 9.17) is 31.8 Å². The molecule has 3 rings (SSSR count). The number of hydrogen-bond acceptors (Lipinski definition) is 7. The third-order valence-electron chi connectivity index (χ3n) is 6.19. The summed E-state index contributed by atoms with van der Waals surface area (Å²) >= 11 is 6.03. The molecule has 200 valence electrons. The number of hydrogen-bond donors (Lipinski definition) is 1. The number of aromatic nitrogens is 2. The number of piperazine rings is 1. The second-order valence-corrected chi connectivity index (χ2v) is 9.78. The van der Waals surface area contributed by atoms with E-state index in [2.05, 4.69) is 4.98 Å². The number of pyridine rings is 2. The van der Waals surface area contributed by atoms with Gasteiger partial charge in [-0.3, -0.25) is 9.69 Å². The predicted octanol–water partition coefficient (Wildman–Crippen LogP) is 4.77. The van der Waals surface area contributed by atoms with Gasteiger partial charge in [-0.05, 0) is 46.6 Å². The van der Waals surface area contributed by atoms with Gasteiger partial charge in [0.05, 0.1) is 19.0 Å². The van der Waals surface area contributed by atoms with Gasteiger partial charge >= 0.3 is 6.09 Å². The number of nitrogens with two attached hydrogens (primary N) is 1. The number of aryl methyl sites for hydroxylation is 2. The van der Waals surface area contributed by atoms with Crippen LogP contribution in [0.3, 0.4) is 0 Å². The van der Waals surface area contributed by atoms with Gasteiger partial charge in [0.25, 0.3) is 0 Å². The van der Waals surface area contributed by atoms with Crippen molar-refractivity contribution in [3.8, 4) is 5.88 Å². The Morgan fingerprint density at radius 3 is 2.28 bits per heavy atom. The fourth-order valence-corrected chi connectivity index (χ4v) is 4.47. The molecule has 2 aromatic heterocycles. The zero-order valence-corrected chi connectivity index (χ0v) is 23.3. The topological polar surface area (TPSA) is 111 Å². The highest BCUT2D eigenvalue weighted by Crippen LogP contribution is 2.40. The molecule has 36 heavy (non-hydrogen) atoms. The van der Waals surface area contributed by atoms with Crippen LogP contribution in [0.1, 0.15) is 59.2 Å². The number of amides is 2. The highest BCUT2D eigenvalue weighted by molar-refractivity contribution is 6.30. The van der Waals surface area contributed by atoms with Gasteiger partial charge in [-0.1, -0.05) is 32.4 Å². The second-order valence-electron chi connectivity index (χ2n) is 9.42. The molecule has 1 aliphatic rings. The smallest absolute Gasteiger partial charge is 0.411 e. The Hall–Kier alpha value is -2.88. The molecular weight excluding hydrogens is 489 g/mol. The quantitative estimate of drug-likeness (QED) is 0.572. The first-order valence-corrected chi connectivity index (χ1v) is 12.4. The first kappa shape index (κ1) is 29.4. The van der Waals surface area contributed by atoms with Crippen LogP contribution in [0.25, 0.3) is 10.8 Å². The maximum atomic E-state index is 15.1. The standard InChI is InChI=1S/C23H31ClFN5O4.C2H6/c1-8-23(20(26)31)11-29(9-10-30(23)21(32)34-22(4,5)6)18-15-14(12(2)13(3)27-18)16(25)17(24)28-19(15)33-7;1-2/h8-11H2,1-7H3,(H2,26,31);1-2H3/t23-;/m1./s1. The van der Waals surface area contributed by atoms with Gasteiger partial charge in [-0.25, -0.2) is 14.2 Å². The molecule has 2 aromatic rings. The lowest BCUT2D eigenvalue weighted by molar-refractivity contribution is -0.131. The Balaban J connectivity index is 0.00000222. The molecule has 0 spiro atoms. The Morgan fingerprint density at radius 2 is 1.78 bits per heavy atom. The maximum absolute atomic E-state index is 15.1. The van der Waals surface area contributed by atoms with Crippen LogP contribution in [-0.4, -0.2) is 64.8 Å². The van der Waals surface area contributed by atoms with E-state index in [9.17, 15) is 9.59 Å². The van der Waals surface area contributed by atoms with Crippen molar-refractivity contribution in [3.63, 3.8) is 0 Å². The van der Waals surface area contributed by atoms with E-state index in [0.717, 1.165) is 0 Å². The van der Waals surface area contributed by atoms with Crippen LogP contribution < -0.4 is 15.4 Å². The Bertz CT molecular complexity index is 1150. The zero-order chi connectivity index (χ0) is 27.6. The Kier molecular flexibility index (Phi) is 8.99. The van der Waals surface area contributed by atoms with Gasteiger partial charge in [0, 0.05) is 24.2 Å². The first-order valence-electron chi connectivity index (χ1n) is 12.0. The third-order valence-corrected chi connectivity index (χ3v) is 6.44. The number of rotatable bonds is 4. The summed E-state index contributed by atoms with van der Waals surface area (Å²) in [6.45, 7) is 15.0. The zero-order valence-electron chi connectivity index (χ0n) is 22.6. The lowest BCUT2D eigenvalue weighted by Gasteiger charge is -2.48. The molecule has 1 atom stereocenters. The monoisotopic (exact) mass is 525 g/mol. The van der Waals surface area contributed by atoms with Crippen molar-refractivity contribution in [2.75, 3.05) is 31.6 Å². The first-order chi connectivity index (χ1) is 16.8. The number of primary amides is 1. The molecule has 11 heteroatoms. The van der Waals surface area contributed by atoms with Gasteiger partial charge < -0.3 is 20.1 Å². The number of carbonyl (C=O) groups excluding carboxylic acids is 2. The van der Waals surface area contributed by atoms with Gasteiger partial charge in [0.15, 0.2) is 11.0 Å². The summed E-state index contributed by atoms with van der Waals surface area (Å²) in [5.41, 5.74) is 4.94. The van der Waals surface area contributed by atoms with Gasteiger partial charge in [-0.2, -0.15) is 4.98 Å². The molecule has 1 fully saturated rings. The molecule has 1 saturated heterocycles. The van der Waals surface area contributed by atoms with E-state index >= 15 is 4.39 Å². The van der Waals surface area contributed by atoms with Crippen molar-refractivity contribution in [1.82, 2.24) is 14.9 Å². The number of ether oxygens (including phenoxy) is 2. The van der Waals surface area contributed by atoms with Crippen molar-refractivity contribution in [2.45, 2.75) is 73.0 Å². The molecule has 0 unspecified atom stereocenters. The molecule has 0 bridgehead atoms. The van der Waals surface area contributed by atoms with Crippen LogP contribution in [0, 0.1) is 19.7 Å². The van der Waals surface area contributed by atoms with Gasteiger partial charge in [0.2, 0.25) is 11.8 Å². The van der Waals surface area contributed by atoms with Crippen LogP contribution in [0.5, 0.6) is 5.88 Å². The summed E-state index contributed by atoms with van der Waals surface area (Å²) in [5, 5.41) is 0.279. The van der Waals surface area contributed by atoms with Crippen LogP contribution >= 0.6 is 11.6 Å². The van der Waals surface area contributed by atoms with Crippen LogP contribution in [0.4, 0.5) is 15.0 Å². The Morgan fingerprint density at radius 1 is 1.17 bits per heavy atom. The van der Waals surface area contributed by atoms with Crippen molar-refractivity contribution >= 4 is 40.2 Å². The summed E-state index contributed by atoms with van der Waals surface area (Å²) in [6.07, 6.45) is -0.376. The summed E-state index contributed by atoms with van der Waals surface area (Å²) < 4.78 is 26.1. The number of carbonyl (C=O) groups is 2. The molecule has 0 aliphatic carbocycles. The molecule has 9 nitrogen and oxygen atoms in total. The molecule has 3 heterocycles. The number of fused-ring (bicyclic) bond motifs is 1. The number of halogens is 2. The molecule has 2 N–H and O–H groups in total. The van der Waals surface area contributed by atoms with E-state index < -0.39 is 29.0 Å². The van der Waals surface area contributed by atoms with Crippen LogP contribution in [-0.2, 0) is 9.53 Å². The predicted molar refractivity (Wildman–Crippen MR) is 139 cm³/mol. The number of nitrogens with zero attached hydrogens (tertiary/aromatic N) is 4. The fourth-order valence-electron chi connectivity index (χ4n) is 4.30. The average molecular weight is 526 g/mol. The Labute approximate surface area is 217 Å². The molecule has 2 amide bonds. The van der Waals surface area contributed by atoms with E-state index in [-0.39, 0.29) is 35.9 Å². The van der Waals surface area contributed by atoms with Crippen LogP contribution in [0.2, 0.25) is 5.15 Å². The average Bonchev–Trinajstić information content (AvgIpc) is 2.82. The van der Waals surface area contributed by atoms with Crippen molar-refractivity contribution in [1.29, 1.82) is 0 Å². The molecule has 0 aromatic carbocycles. The fraction of sp³-hybridized carbons (Fsp3) is 0.600. The molecule has 1 aliphatic heterocycles. The van der Waals surface area contributed by atoms with Gasteiger partial charge in [0.1, 0.15) is 17.0 Å². The molecule has 0 saturated carbocycles. The minimum absolute atomic E-state index is 0.0378. The summed E-state index contributed by atoms with van der Waals surface area (Å²) in [5.74, 6) is -0.854. The minimum atomic E-state index is -1.36. The molecular formula is C25H37ClFN5O4. The molecule has 0 radical (unpaired) electrons. The summed E-state index contributed by atoms with van der Waals surface area (Å²) in [4.78, 5) is 37.7. The third kappa shape index (κ3) is 5.28. The summed E-state index contributed by atoms with van der Waals surface area (Å²) in [6, 6.07) is 0. The van der Waals surface area contributed by atoms with Crippen molar-refractivity contribution in [2.24, 2.45) is 5.73 Å². The lowest BCUT2D eigenvalue weighted by Crippen LogP contribution is -2.69. The van der Waals surface area contributed by atoms with E-state index in [0.29, 0.717) is 29.0 Å². The lowest BCUT2D eigenvalue weighted by atomic mass is 9.89. The number of anilines is 1. The van der Waals surface area contributed by atoms with Crippen LogP contribution in [0.15, 0.2) is 0 Å². The van der Waals surface area contributed by atoms with Crippen molar-refractivity contribution in [3.05, 3.63) is 22.2 Å². The van der Waals surface area contributed by atoms with E-state index in [1.54, 1.807) is 46.4 Å². The largest absolute Gasteiger partial charge is 0.480 e. The summed E-state index contributed by atoms with van der Waals surface area (Å²) in [7, 11) is 1.41. The number of methoxy groups -OCH3 is 1. The maximum Gasteiger partial charge on any atom is 0.411 e. The van der Waals surface area contributed by atoms with E-state index in [1.165, 1.54) is 12.0 Å². The normalized spacial score (nSPS) is 18.0. The second kappa shape index (κ2) is 11.0.